The van der Waals surface area contributed by atoms with Crippen LogP contribution in [0.15, 0.2) is 0 Å². The second-order valence-electron chi connectivity index (χ2n) is 7.29. The van der Waals surface area contributed by atoms with Gasteiger partial charge in [-0.1, -0.05) is 41.0 Å². The van der Waals surface area contributed by atoms with Gasteiger partial charge in [0, 0.05) is 36.6 Å². The Balaban J connectivity index is 2.03. The Labute approximate surface area is 118 Å². The van der Waals surface area contributed by atoms with E-state index < -0.39 is 0 Å². The van der Waals surface area contributed by atoms with Gasteiger partial charge in [0.2, 0.25) is 0 Å². The van der Waals surface area contributed by atoms with E-state index in [2.05, 4.69) is 39.5 Å². The van der Waals surface area contributed by atoms with E-state index in [0.717, 1.165) is 32.0 Å². The number of likely N-dealkylation sites (N-methyl/N-ethyl adjacent to an activating group) is 1. The van der Waals surface area contributed by atoms with Crippen LogP contribution in [0.25, 0.3) is 0 Å². The summed E-state index contributed by atoms with van der Waals surface area (Å²) in [6, 6.07) is 0. The van der Waals surface area contributed by atoms with E-state index in [1.165, 1.54) is 13.0 Å². The molecule has 0 aromatic carbocycles. The van der Waals surface area contributed by atoms with Crippen LogP contribution in [0, 0.1) is 17.3 Å². The molecule has 1 aliphatic carbocycles. The topological polar surface area (TPSA) is 38.5 Å². The average molecular weight is 268 g/mol. The Morgan fingerprint density at radius 3 is 2.63 bits per heavy atom. The normalized spacial score (nSPS) is 38.1. The van der Waals surface area contributed by atoms with Gasteiger partial charge in [-0.15, -0.1) is 0 Å². The summed E-state index contributed by atoms with van der Waals surface area (Å²) in [5.41, 5.74) is 6.87. The third-order valence-electron chi connectivity index (χ3n) is 5.86. The van der Waals surface area contributed by atoms with Crippen LogP contribution in [0.1, 0.15) is 47.5 Å². The molecule has 3 heteroatoms. The molecule has 2 N–H and O–H groups in total. The number of nitrogens with two attached hydrogens (primary N) is 1. The Morgan fingerprint density at radius 1 is 1.37 bits per heavy atom. The Hall–Kier alpha value is -0.120. The average Bonchev–Trinajstić information content (AvgIpc) is 2.85. The van der Waals surface area contributed by atoms with E-state index in [1.807, 2.05) is 0 Å². The Morgan fingerprint density at radius 2 is 2.05 bits per heavy atom. The van der Waals surface area contributed by atoms with E-state index in [4.69, 9.17) is 10.5 Å². The maximum atomic E-state index is 6.84. The van der Waals surface area contributed by atoms with Crippen LogP contribution in [0.5, 0.6) is 0 Å². The minimum Gasteiger partial charge on any atom is -0.377 e. The van der Waals surface area contributed by atoms with Crippen molar-refractivity contribution in [3.8, 4) is 0 Å². The van der Waals surface area contributed by atoms with Crippen molar-refractivity contribution in [1.82, 2.24) is 4.90 Å². The summed E-state index contributed by atoms with van der Waals surface area (Å²) >= 11 is 0. The molecule has 2 aliphatic rings. The first-order chi connectivity index (χ1) is 8.86. The van der Waals surface area contributed by atoms with Crippen LogP contribution < -0.4 is 5.73 Å². The van der Waals surface area contributed by atoms with Gasteiger partial charge in [0.05, 0.1) is 6.10 Å². The molecular formula is C16H32N2O. The summed E-state index contributed by atoms with van der Waals surface area (Å²) in [6.07, 6.45) is 2.78. The van der Waals surface area contributed by atoms with Crippen molar-refractivity contribution in [2.24, 2.45) is 23.0 Å². The van der Waals surface area contributed by atoms with Gasteiger partial charge >= 0.3 is 0 Å². The van der Waals surface area contributed by atoms with Crippen molar-refractivity contribution >= 4 is 0 Å². The standard InChI is InChI=1S/C16H32N2O/c1-6-12(3)10-18(7-2)11-16(17)13-8-9-19-14(13)15(16,4)5/h12-14H,6-11,17H2,1-5H3. The van der Waals surface area contributed by atoms with E-state index in [1.54, 1.807) is 0 Å². The molecule has 19 heavy (non-hydrogen) atoms. The molecular weight excluding hydrogens is 236 g/mol. The highest BCUT2D eigenvalue weighted by Crippen LogP contribution is 2.58. The zero-order valence-electron chi connectivity index (χ0n) is 13.4. The van der Waals surface area contributed by atoms with Crippen molar-refractivity contribution in [2.45, 2.75) is 59.1 Å². The fourth-order valence-electron chi connectivity index (χ4n) is 4.04. The summed E-state index contributed by atoms with van der Waals surface area (Å²) in [6.45, 7) is 15.6. The first kappa shape index (κ1) is 15.3. The monoisotopic (exact) mass is 268 g/mol. The summed E-state index contributed by atoms with van der Waals surface area (Å²) in [7, 11) is 0. The van der Waals surface area contributed by atoms with Crippen molar-refractivity contribution in [3.05, 3.63) is 0 Å². The molecule has 4 unspecified atom stereocenters. The smallest absolute Gasteiger partial charge is 0.0691 e. The van der Waals surface area contributed by atoms with E-state index >= 15 is 0 Å². The minimum atomic E-state index is -0.0718. The van der Waals surface area contributed by atoms with E-state index in [-0.39, 0.29) is 11.0 Å². The van der Waals surface area contributed by atoms with Crippen molar-refractivity contribution < 1.29 is 4.74 Å². The van der Waals surface area contributed by atoms with Gasteiger partial charge < -0.3 is 15.4 Å². The minimum absolute atomic E-state index is 0.0718. The molecule has 0 aromatic rings. The lowest BCUT2D eigenvalue weighted by Crippen LogP contribution is -2.78. The lowest BCUT2D eigenvalue weighted by molar-refractivity contribution is -0.163. The highest BCUT2D eigenvalue weighted by molar-refractivity contribution is 5.21. The highest BCUT2D eigenvalue weighted by atomic mass is 16.5. The zero-order chi connectivity index (χ0) is 14.3. The number of nitrogens with zero attached hydrogens (tertiary/aromatic N) is 1. The number of hydrogen-bond donors (Lipinski definition) is 1. The lowest BCUT2D eigenvalue weighted by atomic mass is 9.48. The number of ether oxygens (including phenoxy) is 1. The molecule has 0 bridgehead atoms. The second kappa shape index (κ2) is 5.34. The van der Waals surface area contributed by atoms with Crippen LogP contribution in [0.4, 0.5) is 0 Å². The number of fused-ring (bicyclic) bond motifs is 1. The van der Waals surface area contributed by atoms with Gasteiger partial charge in [0.1, 0.15) is 0 Å². The fourth-order valence-corrected chi connectivity index (χ4v) is 4.04. The highest BCUT2D eigenvalue weighted by Gasteiger charge is 2.67. The molecule has 1 aliphatic heterocycles. The van der Waals surface area contributed by atoms with Crippen LogP contribution in [0.2, 0.25) is 0 Å². The summed E-state index contributed by atoms with van der Waals surface area (Å²) in [5, 5.41) is 0. The second-order valence-corrected chi connectivity index (χ2v) is 7.29. The first-order valence-electron chi connectivity index (χ1n) is 7.99. The molecule has 0 spiro atoms. The molecule has 0 amide bonds. The molecule has 2 rings (SSSR count). The van der Waals surface area contributed by atoms with Crippen LogP contribution in [0.3, 0.4) is 0 Å². The van der Waals surface area contributed by atoms with Gasteiger partial charge in [-0.05, 0) is 18.9 Å². The van der Waals surface area contributed by atoms with Crippen molar-refractivity contribution in [3.63, 3.8) is 0 Å². The van der Waals surface area contributed by atoms with Gasteiger partial charge in [0.25, 0.3) is 0 Å². The molecule has 0 radical (unpaired) electrons. The maximum absolute atomic E-state index is 6.84. The molecule has 1 saturated heterocycles. The molecule has 112 valence electrons. The lowest BCUT2D eigenvalue weighted by Gasteiger charge is -2.63. The number of rotatable bonds is 6. The van der Waals surface area contributed by atoms with Gasteiger partial charge in [-0.3, -0.25) is 0 Å². The molecule has 4 atom stereocenters. The first-order valence-corrected chi connectivity index (χ1v) is 7.99. The SMILES string of the molecule is CCC(C)CN(CC)CC1(N)C2CCOC2C1(C)C. The van der Waals surface area contributed by atoms with Gasteiger partial charge in [-0.25, -0.2) is 0 Å². The van der Waals surface area contributed by atoms with Gasteiger partial charge in [0.15, 0.2) is 0 Å². The van der Waals surface area contributed by atoms with Gasteiger partial charge in [-0.2, -0.15) is 0 Å². The number of hydrogen-bond acceptors (Lipinski definition) is 3. The summed E-state index contributed by atoms with van der Waals surface area (Å²) in [5.74, 6) is 1.32. The predicted molar refractivity (Wildman–Crippen MR) is 80.1 cm³/mol. The third-order valence-corrected chi connectivity index (χ3v) is 5.86. The maximum Gasteiger partial charge on any atom is 0.0691 e. The molecule has 1 heterocycles. The third kappa shape index (κ3) is 2.34. The largest absolute Gasteiger partial charge is 0.377 e. The predicted octanol–water partition coefficient (Wildman–Crippen LogP) is 2.50. The van der Waals surface area contributed by atoms with Crippen molar-refractivity contribution in [1.29, 1.82) is 0 Å². The fraction of sp³-hybridized carbons (Fsp3) is 1.00. The van der Waals surface area contributed by atoms with E-state index in [9.17, 15) is 0 Å². The molecule has 3 nitrogen and oxygen atoms in total. The van der Waals surface area contributed by atoms with Crippen LogP contribution in [-0.4, -0.2) is 42.8 Å². The Bertz CT molecular complexity index is 318. The molecule has 1 saturated carbocycles. The summed E-state index contributed by atoms with van der Waals surface area (Å²) < 4.78 is 5.88. The van der Waals surface area contributed by atoms with Crippen molar-refractivity contribution in [2.75, 3.05) is 26.2 Å². The summed E-state index contributed by atoms with van der Waals surface area (Å²) in [4.78, 5) is 2.55. The molecule has 2 fully saturated rings. The van der Waals surface area contributed by atoms with Crippen LogP contribution in [-0.2, 0) is 4.74 Å². The quantitative estimate of drug-likeness (QED) is 0.804. The molecule has 0 aromatic heterocycles. The Kier molecular flexibility index (Phi) is 4.29. The van der Waals surface area contributed by atoms with Crippen LogP contribution >= 0.6 is 0 Å². The zero-order valence-corrected chi connectivity index (χ0v) is 13.4. The van der Waals surface area contributed by atoms with E-state index in [0.29, 0.717) is 12.0 Å².